The molecular weight excluding hydrogens is 401 g/mol. The summed E-state index contributed by atoms with van der Waals surface area (Å²) in [5.41, 5.74) is 0.668. The molecule has 0 aliphatic carbocycles. The van der Waals surface area contributed by atoms with E-state index in [-0.39, 0.29) is 31.2 Å². The number of benzene rings is 1. The summed E-state index contributed by atoms with van der Waals surface area (Å²) in [5, 5.41) is 0.768. The fraction of sp³-hybridized carbons (Fsp3) is 0.375. The molecule has 1 aliphatic rings. The maximum atomic E-state index is 12.3. The van der Waals surface area contributed by atoms with Crippen LogP contribution in [-0.2, 0) is 25.7 Å². The highest BCUT2D eigenvalue weighted by Gasteiger charge is 2.30. The van der Waals surface area contributed by atoms with E-state index >= 15 is 0 Å². The molecule has 26 heavy (non-hydrogen) atoms. The molecule has 3 amide bonds. The number of hydrogen-bond donors (Lipinski definition) is 0. The number of thiazole rings is 1. The highest BCUT2D eigenvalue weighted by Crippen LogP contribution is 2.32. The molecule has 7 nitrogen and oxygen atoms in total. The summed E-state index contributed by atoms with van der Waals surface area (Å²) < 4.78 is 7.68. The van der Waals surface area contributed by atoms with Gasteiger partial charge in [0, 0.05) is 26.5 Å². The van der Waals surface area contributed by atoms with Gasteiger partial charge in [0.2, 0.25) is 11.8 Å². The standard InChI is InChI=1S/C16H15Cl2N3O4S/c1-25-7-6-20-15-10(3-2-9(17)14(15)18)26-16(20)19-11(22)8-21-12(23)4-5-13(21)24/h2-3H,4-8H2,1H3. The van der Waals surface area contributed by atoms with Crippen LogP contribution < -0.4 is 4.80 Å². The molecule has 0 bridgehead atoms. The minimum atomic E-state index is -0.575. The van der Waals surface area contributed by atoms with Crippen LogP contribution in [0.4, 0.5) is 0 Å². The molecule has 1 aromatic carbocycles. The highest BCUT2D eigenvalue weighted by molar-refractivity contribution is 7.16. The second-order valence-corrected chi connectivity index (χ2v) is 7.41. The minimum Gasteiger partial charge on any atom is -0.383 e. The molecule has 1 saturated heterocycles. The van der Waals surface area contributed by atoms with E-state index in [0.717, 1.165) is 9.60 Å². The number of methoxy groups -OCH3 is 1. The summed E-state index contributed by atoms with van der Waals surface area (Å²) in [6.45, 7) is 0.452. The quantitative estimate of drug-likeness (QED) is 0.701. The Bertz CT molecular complexity index is 950. The average molecular weight is 416 g/mol. The van der Waals surface area contributed by atoms with Gasteiger partial charge in [0.15, 0.2) is 4.80 Å². The lowest BCUT2D eigenvalue weighted by Gasteiger charge is -2.10. The van der Waals surface area contributed by atoms with E-state index in [1.807, 2.05) is 0 Å². The second kappa shape index (κ2) is 7.87. The zero-order valence-corrected chi connectivity index (χ0v) is 16.2. The number of carbonyl (C=O) groups is 3. The molecule has 0 atom stereocenters. The van der Waals surface area contributed by atoms with Crippen LogP contribution in [0.3, 0.4) is 0 Å². The smallest absolute Gasteiger partial charge is 0.268 e. The first-order valence-electron chi connectivity index (χ1n) is 7.79. The van der Waals surface area contributed by atoms with Gasteiger partial charge in [-0.15, -0.1) is 0 Å². The number of carbonyl (C=O) groups excluding carboxylic acids is 3. The van der Waals surface area contributed by atoms with Crippen molar-refractivity contribution < 1.29 is 19.1 Å². The predicted molar refractivity (Wildman–Crippen MR) is 98.2 cm³/mol. The van der Waals surface area contributed by atoms with Crippen LogP contribution in [-0.4, -0.2) is 47.4 Å². The molecule has 2 heterocycles. The lowest BCUT2D eigenvalue weighted by atomic mass is 10.3. The molecule has 0 unspecified atom stereocenters. The number of aromatic nitrogens is 1. The maximum Gasteiger partial charge on any atom is 0.268 e. The monoisotopic (exact) mass is 415 g/mol. The van der Waals surface area contributed by atoms with Gasteiger partial charge in [-0.2, -0.15) is 4.99 Å². The number of rotatable bonds is 5. The molecule has 1 aromatic heterocycles. The van der Waals surface area contributed by atoms with Crippen LogP contribution >= 0.6 is 34.5 Å². The van der Waals surface area contributed by atoms with Gasteiger partial charge in [-0.3, -0.25) is 19.3 Å². The van der Waals surface area contributed by atoms with Crippen molar-refractivity contribution in [2.75, 3.05) is 20.3 Å². The summed E-state index contributed by atoms with van der Waals surface area (Å²) in [4.78, 5) is 41.1. The van der Waals surface area contributed by atoms with Crippen molar-refractivity contribution in [3.8, 4) is 0 Å². The third-order valence-electron chi connectivity index (χ3n) is 3.92. The zero-order chi connectivity index (χ0) is 18.8. The van der Waals surface area contributed by atoms with Crippen molar-refractivity contribution in [2.24, 2.45) is 4.99 Å². The molecule has 1 aliphatic heterocycles. The topological polar surface area (TPSA) is 81.0 Å². The van der Waals surface area contributed by atoms with Crippen LogP contribution in [0.5, 0.6) is 0 Å². The van der Waals surface area contributed by atoms with Crippen LogP contribution in [0.15, 0.2) is 17.1 Å². The van der Waals surface area contributed by atoms with Crippen molar-refractivity contribution in [1.29, 1.82) is 0 Å². The van der Waals surface area contributed by atoms with Gasteiger partial charge in [-0.05, 0) is 12.1 Å². The molecule has 138 valence electrons. The first kappa shape index (κ1) is 19.0. The number of ether oxygens (including phenoxy) is 1. The van der Waals surface area contributed by atoms with Crippen LogP contribution in [0.25, 0.3) is 10.2 Å². The molecule has 0 radical (unpaired) electrons. The van der Waals surface area contributed by atoms with E-state index in [1.54, 1.807) is 23.8 Å². The van der Waals surface area contributed by atoms with E-state index in [0.29, 0.717) is 33.5 Å². The summed E-state index contributed by atoms with van der Waals surface area (Å²) in [7, 11) is 1.57. The second-order valence-electron chi connectivity index (χ2n) is 5.62. The van der Waals surface area contributed by atoms with Crippen LogP contribution in [0.1, 0.15) is 12.8 Å². The van der Waals surface area contributed by atoms with Gasteiger partial charge in [-0.25, -0.2) is 0 Å². The molecule has 1 fully saturated rings. The number of fused-ring (bicyclic) bond motifs is 1. The number of hydrogen-bond acceptors (Lipinski definition) is 5. The molecule has 0 spiro atoms. The predicted octanol–water partition coefficient (Wildman–Crippen LogP) is 2.23. The number of likely N-dealkylation sites (tertiary alicyclic amines) is 1. The first-order chi connectivity index (χ1) is 12.4. The van der Waals surface area contributed by atoms with Gasteiger partial charge >= 0.3 is 0 Å². The van der Waals surface area contributed by atoms with E-state index in [2.05, 4.69) is 4.99 Å². The maximum absolute atomic E-state index is 12.3. The minimum absolute atomic E-state index is 0.136. The Labute approximate surface area is 162 Å². The number of halogens is 2. The Morgan fingerprint density at radius 3 is 2.62 bits per heavy atom. The molecule has 2 aromatic rings. The molecule has 3 rings (SSSR count). The Balaban J connectivity index is 2.01. The van der Waals surface area contributed by atoms with E-state index in [1.165, 1.54) is 11.3 Å². The Hall–Kier alpha value is -1.74. The van der Waals surface area contributed by atoms with Gasteiger partial charge in [0.1, 0.15) is 6.54 Å². The van der Waals surface area contributed by atoms with E-state index in [4.69, 9.17) is 27.9 Å². The number of imide groups is 1. The summed E-state index contributed by atoms with van der Waals surface area (Å²) >= 11 is 13.7. The lowest BCUT2D eigenvalue weighted by molar-refractivity contribution is -0.141. The van der Waals surface area contributed by atoms with Crippen molar-refractivity contribution in [3.63, 3.8) is 0 Å². The fourth-order valence-corrected chi connectivity index (χ4v) is 4.21. The van der Waals surface area contributed by atoms with Crippen molar-refractivity contribution >= 4 is 62.5 Å². The molecular formula is C16H15Cl2N3O4S. The summed E-state index contributed by atoms with van der Waals surface area (Å²) in [6, 6.07) is 3.48. The highest BCUT2D eigenvalue weighted by atomic mass is 35.5. The fourth-order valence-electron chi connectivity index (χ4n) is 2.65. The van der Waals surface area contributed by atoms with Crippen molar-refractivity contribution in [1.82, 2.24) is 9.47 Å². The van der Waals surface area contributed by atoms with E-state index < -0.39 is 5.91 Å². The van der Waals surface area contributed by atoms with Gasteiger partial charge in [0.05, 0.1) is 26.9 Å². The number of amides is 3. The lowest BCUT2D eigenvalue weighted by Crippen LogP contribution is -2.34. The van der Waals surface area contributed by atoms with E-state index in [9.17, 15) is 14.4 Å². The summed E-state index contributed by atoms with van der Waals surface area (Å²) in [6.07, 6.45) is 0.272. The molecule has 0 saturated carbocycles. The Morgan fingerprint density at radius 1 is 1.27 bits per heavy atom. The van der Waals surface area contributed by atoms with Crippen molar-refractivity contribution in [2.45, 2.75) is 19.4 Å². The van der Waals surface area contributed by atoms with Gasteiger partial charge in [0.25, 0.3) is 5.91 Å². The third kappa shape index (κ3) is 3.68. The van der Waals surface area contributed by atoms with Gasteiger partial charge in [-0.1, -0.05) is 34.5 Å². The Kier molecular flexibility index (Phi) is 5.76. The zero-order valence-electron chi connectivity index (χ0n) is 13.8. The van der Waals surface area contributed by atoms with Crippen LogP contribution in [0.2, 0.25) is 10.0 Å². The first-order valence-corrected chi connectivity index (χ1v) is 9.36. The van der Waals surface area contributed by atoms with Crippen molar-refractivity contribution in [3.05, 3.63) is 27.0 Å². The third-order valence-corrected chi connectivity index (χ3v) is 5.76. The summed E-state index contributed by atoms with van der Waals surface area (Å²) in [5.74, 6) is -1.28. The molecule has 0 N–H and O–H groups in total. The van der Waals surface area contributed by atoms with Crippen LogP contribution in [0, 0.1) is 0 Å². The molecule has 10 heteroatoms. The van der Waals surface area contributed by atoms with Gasteiger partial charge < -0.3 is 9.30 Å². The Morgan fingerprint density at radius 2 is 1.96 bits per heavy atom. The largest absolute Gasteiger partial charge is 0.383 e. The SMILES string of the molecule is COCCn1c(=NC(=O)CN2C(=O)CCC2=O)sc2ccc(Cl)c(Cl)c21. The normalized spacial score (nSPS) is 15.5. The average Bonchev–Trinajstić information content (AvgIpc) is 3.11. The number of nitrogens with zero attached hydrogens (tertiary/aromatic N) is 3.